The molecule has 0 aromatic heterocycles. The zero-order valence-corrected chi connectivity index (χ0v) is 16.9. The van der Waals surface area contributed by atoms with Crippen molar-refractivity contribution in [3.63, 3.8) is 0 Å². The van der Waals surface area contributed by atoms with E-state index in [0.717, 1.165) is 18.6 Å². The van der Waals surface area contributed by atoms with Gasteiger partial charge in [-0.1, -0.05) is 0 Å². The third-order valence-corrected chi connectivity index (χ3v) is 5.01. The molecule has 0 aliphatic carbocycles. The molecule has 29 heavy (non-hydrogen) atoms. The molecule has 2 aromatic rings. The second-order valence-electron chi connectivity index (χ2n) is 7.71. The molecule has 1 heterocycles. The van der Waals surface area contributed by atoms with Gasteiger partial charge in [-0.2, -0.15) is 0 Å². The molecule has 1 aliphatic rings. The number of likely N-dealkylation sites (tertiary alicyclic amines) is 1. The molecular weight excluding hydrogens is 371 g/mol. The van der Waals surface area contributed by atoms with E-state index < -0.39 is 0 Å². The van der Waals surface area contributed by atoms with Crippen LogP contribution < -0.4 is 10.1 Å². The summed E-state index contributed by atoms with van der Waals surface area (Å²) in [6.07, 6.45) is 1.73. The number of halogens is 1. The molecule has 2 amide bonds. The maximum atomic E-state index is 13.0. The Morgan fingerprint density at radius 1 is 1.03 bits per heavy atom. The van der Waals surface area contributed by atoms with Crippen molar-refractivity contribution < 1.29 is 18.7 Å². The van der Waals surface area contributed by atoms with Crippen molar-refractivity contribution in [2.75, 3.05) is 19.7 Å². The van der Waals surface area contributed by atoms with Crippen molar-refractivity contribution >= 4 is 11.8 Å². The van der Waals surface area contributed by atoms with Crippen LogP contribution in [0.1, 0.15) is 47.4 Å². The van der Waals surface area contributed by atoms with Crippen LogP contribution in [0, 0.1) is 11.7 Å². The molecule has 1 aliphatic heterocycles. The number of carbonyl (C=O) groups is 2. The lowest BCUT2D eigenvalue weighted by molar-refractivity contribution is 0.0660. The standard InChI is InChI=1S/C23H27FN2O3/c1-16(2)25-22(27)18-5-9-21(10-6-18)29-15-17-11-13-26(14-12-17)23(28)19-3-7-20(24)8-4-19/h3-10,16-17H,11-15H2,1-2H3,(H,25,27). The number of hydrogen-bond acceptors (Lipinski definition) is 3. The molecule has 5 nitrogen and oxygen atoms in total. The lowest BCUT2D eigenvalue weighted by Gasteiger charge is -2.32. The Kier molecular flexibility index (Phi) is 6.86. The first kappa shape index (κ1) is 20.8. The van der Waals surface area contributed by atoms with Gasteiger partial charge in [-0.05, 0) is 81.1 Å². The van der Waals surface area contributed by atoms with Crippen LogP contribution in [0.5, 0.6) is 5.75 Å². The van der Waals surface area contributed by atoms with Gasteiger partial charge in [0.05, 0.1) is 6.61 Å². The highest BCUT2D eigenvalue weighted by molar-refractivity contribution is 5.94. The molecule has 6 heteroatoms. The Bertz CT molecular complexity index is 826. The van der Waals surface area contributed by atoms with Gasteiger partial charge in [-0.3, -0.25) is 9.59 Å². The Balaban J connectivity index is 1.44. The van der Waals surface area contributed by atoms with Gasteiger partial charge in [-0.15, -0.1) is 0 Å². The van der Waals surface area contributed by atoms with Crippen LogP contribution in [-0.2, 0) is 0 Å². The number of hydrogen-bond donors (Lipinski definition) is 1. The van der Waals surface area contributed by atoms with Crippen LogP contribution in [0.2, 0.25) is 0 Å². The Morgan fingerprint density at radius 2 is 1.62 bits per heavy atom. The summed E-state index contributed by atoms with van der Waals surface area (Å²) in [6, 6.07) is 12.9. The van der Waals surface area contributed by atoms with E-state index in [-0.39, 0.29) is 23.7 Å². The zero-order chi connectivity index (χ0) is 20.8. The summed E-state index contributed by atoms with van der Waals surface area (Å²) in [4.78, 5) is 26.3. The fraction of sp³-hybridized carbons (Fsp3) is 0.391. The highest BCUT2D eigenvalue weighted by atomic mass is 19.1. The Morgan fingerprint density at radius 3 is 2.21 bits per heavy atom. The second kappa shape index (κ2) is 9.54. The van der Waals surface area contributed by atoms with Gasteiger partial charge in [0.1, 0.15) is 11.6 Å². The predicted molar refractivity (Wildman–Crippen MR) is 110 cm³/mol. The van der Waals surface area contributed by atoms with E-state index in [1.165, 1.54) is 24.3 Å². The number of amides is 2. The maximum Gasteiger partial charge on any atom is 0.253 e. The summed E-state index contributed by atoms with van der Waals surface area (Å²) in [5, 5.41) is 2.86. The molecule has 0 spiro atoms. The number of piperidine rings is 1. The zero-order valence-electron chi connectivity index (χ0n) is 16.9. The number of nitrogens with one attached hydrogen (secondary N) is 1. The molecule has 1 fully saturated rings. The molecule has 1 N–H and O–H groups in total. The number of ether oxygens (including phenoxy) is 1. The van der Waals surface area contributed by atoms with Crippen LogP contribution >= 0.6 is 0 Å². The minimum atomic E-state index is -0.342. The summed E-state index contributed by atoms with van der Waals surface area (Å²) in [5.41, 5.74) is 1.13. The van der Waals surface area contributed by atoms with Gasteiger partial charge < -0.3 is 15.0 Å². The molecule has 2 aromatic carbocycles. The average Bonchev–Trinajstić information content (AvgIpc) is 2.72. The minimum Gasteiger partial charge on any atom is -0.493 e. The number of carbonyl (C=O) groups excluding carboxylic acids is 2. The third-order valence-electron chi connectivity index (χ3n) is 5.01. The summed E-state index contributed by atoms with van der Waals surface area (Å²) in [6.45, 7) is 5.76. The Labute approximate surface area is 170 Å². The van der Waals surface area contributed by atoms with E-state index in [1.54, 1.807) is 12.1 Å². The number of nitrogens with zero attached hydrogens (tertiary/aromatic N) is 1. The molecule has 1 saturated heterocycles. The van der Waals surface area contributed by atoms with Gasteiger partial charge in [0.25, 0.3) is 11.8 Å². The Hall–Kier alpha value is -2.89. The van der Waals surface area contributed by atoms with E-state index in [9.17, 15) is 14.0 Å². The van der Waals surface area contributed by atoms with Gasteiger partial charge >= 0.3 is 0 Å². The van der Waals surface area contributed by atoms with Crippen LogP contribution in [0.4, 0.5) is 4.39 Å². The average molecular weight is 398 g/mol. The largest absolute Gasteiger partial charge is 0.493 e. The van der Waals surface area contributed by atoms with E-state index in [4.69, 9.17) is 4.74 Å². The third kappa shape index (κ3) is 5.79. The molecule has 0 bridgehead atoms. The monoisotopic (exact) mass is 398 g/mol. The lowest BCUT2D eigenvalue weighted by atomic mass is 9.97. The smallest absolute Gasteiger partial charge is 0.253 e. The van der Waals surface area contributed by atoms with Gasteiger partial charge in [0.15, 0.2) is 0 Å². The SMILES string of the molecule is CC(C)NC(=O)c1ccc(OCC2CCN(C(=O)c3ccc(F)cc3)CC2)cc1. The molecule has 154 valence electrons. The van der Waals surface area contributed by atoms with Crippen molar-refractivity contribution in [2.45, 2.75) is 32.7 Å². The van der Waals surface area contributed by atoms with Gasteiger partial charge in [0.2, 0.25) is 0 Å². The van der Waals surface area contributed by atoms with Crippen LogP contribution in [-0.4, -0.2) is 42.5 Å². The van der Waals surface area contributed by atoms with Crippen molar-refractivity contribution in [2.24, 2.45) is 5.92 Å². The van der Waals surface area contributed by atoms with Crippen molar-refractivity contribution in [1.82, 2.24) is 10.2 Å². The summed E-state index contributed by atoms with van der Waals surface area (Å²) in [7, 11) is 0. The highest BCUT2D eigenvalue weighted by Crippen LogP contribution is 2.21. The minimum absolute atomic E-state index is 0.0559. The molecule has 3 rings (SSSR count). The summed E-state index contributed by atoms with van der Waals surface area (Å²) >= 11 is 0. The molecule has 0 atom stereocenters. The van der Waals surface area contributed by atoms with Crippen molar-refractivity contribution in [3.8, 4) is 5.75 Å². The highest BCUT2D eigenvalue weighted by Gasteiger charge is 2.24. The fourth-order valence-corrected chi connectivity index (χ4v) is 3.34. The van der Waals surface area contributed by atoms with Crippen molar-refractivity contribution in [3.05, 3.63) is 65.5 Å². The molecule has 0 radical (unpaired) electrons. The van der Waals surface area contributed by atoms with Gasteiger partial charge in [0, 0.05) is 30.3 Å². The topological polar surface area (TPSA) is 58.6 Å². The summed E-state index contributed by atoms with van der Waals surface area (Å²) in [5.74, 6) is 0.613. The first-order valence-electron chi connectivity index (χ1n) is 10.0. The molecule has 0 unspecified atom stereocenters. The molecule has 0 saturated carbocycles. The molecular formula is C23H27FN2O3. The van der Waals surface area contributed by atoms with E-state index in [1.807, 2.05) is 30.9 Å². The second-order valence-corrected chi connectivity index (χ2v) is 7.71. The van der Waals surface area contributed by atoms with E-state index >= 15 is 0 Å². The first-order valence-corrected chi connectivity index (χ1v) is 10.0. The van der Waals surface area contributed by atoms with Crippen LogP contribution in [0.25, 0.3) is 0 Å². The number of rotatable bonds is 6. The summed E-state index contributed by atoms with van der Waals surface area (Å²) < 4.78 is 18.9. The van der Waals surface area contributed by atoms with Gasteiger partial charge in [-0.25, -0.2) is 4.39 Å². The van der Waals surface area contributed by atoms with Crippen LogP contribution in [0.3, 0.4) is 0 Å². The van der Waals surface area contributed by atoms with E-state index in [0.29, 0.717) is 36.7 Å². The van der Waals surface area contributed by atoms with Crippen molar-refractivity contribution in [1.29, 1.82) is 0 Å². The van der Waals surface area contributed by atoms with Crippen LogP contribution in [0.15, 0.2) is 48.5 Å². The maximum absolute atomic E-state index is 13.0. The normalized spacial score (nSPS) is 14.7. The lowest BCUT2D eigenvalue weighted by Crippen LogP contribution is -2.39. The van der Waals surface area contributed by atoms with E-state index in [2.05, 4.69) is 5.32 Å². The number of benzene rings is 2. The predicted octanol–water partition coefficient (Wildman–Crippen LogP) is 3.90. The fourth-order valence-electron chi connectivity index (χ4n) is 3.34. The quantitative estimate of drug-likeness (QED) is 0.803. The first-order chi connectivity index (χ1) is 13.9.